The zero-order valence-corrected chi connectivity index (χ0v) is 13.8. The standard InChI is InChI=1S/C15H27N3O6/c16-15(24)17-10-6-7-11(14(22)23)18-12(19)8-4-2-1-3-5-9-13(20)21/h11H,1-10H2,(H,18,19)(H,20,21)(H,22,23)(H3,16,17,24)/t11-/m0/s1. The molecule has 24 heavy (non-hydrogen) atoms. The fourth-order valence-electron chi connectivity index (χ4n) is 2.13. The van der Waals surface area contributed by atoms with Crippen LogP contribution in [0.15, 0.2) is 0 Å². The summed E-state index contributed by atoms with van der Waals surface area (Å²) in [5, 5.41) is 22.4. The number of primary amides is 1. The van der Waals surface area contributed by atoms with Crippen LogP contribution in [0.3, 0.4) is 0 Å². The number of amides is 3. The number of hydrogen-bond acceptors (Lipinski definition) is 4. The normalized spacial score (nSPS) is 11.5. The molecule has 6 N–H and O–H groups in total. The van der Waals surface area contributed by atoms with Crippen molar-refractivity contribution < 1.29 is 29.4 Å². The van der Waals surface area contributed by atoms with Crippen molar-refractivity contribution in [3.05, 3.63) is 0 Å². The SMILES string of the molecule is NC(=O)NCCC[C@H](NC(=O)CCCCCCCC(=O)O)C(=O)O. The van der Waals surface area contributed by atoms with Crippen LogP contribution in [0.25, 0.3) is 0 Å². The Labute approximate surface area is 141 Å². The number of hydrogen-bond donors (Lipinski definition) is 5. The number of rotatable bonds is 14. The van der Waals surface area contributed by atoms with Gasteiger partial charge in [0.25, 0.3) is 0 Å². The maximum Gasteiger partial charge on any atom is 0.326 e. The second kappa shape index (κ2) is 13.1. The molecular weight excluding hydrogens is 318 g/mol. The molecule has 0 fully saturated rings. The first-order valence-electron chi connectivity index (χ1n) is 8.10. The van der Waals surface area contributed by atoms with Gasteiger partial charge in [0.15, 0.2) is 0 Å². The second-order valence-corrected chi connectivity index (χ2v) is 5.55. The molecule has 0 aliphatic heterocycles. The molecule has 0 spiro atoms. The van der Waals surface area contributed by atoms with Crippen molar-refractivity contribution in [1.82, 2.24) is 10.6 Å². The van der Waals surface area contributed by atoms with Crippen LogP contribution in [0.4, 0.5) is 4.79 Å². The van der Waals surface area contributed by atoms with E-state index >= 15 is 0 Å². The zero-order chi connectivity index (χ0) is 18.4. The predicted octanol–water partition coefficient (Wildman–Crippen LogP) is 0.820. The van der Waals surface area contributed by atoms with Gasteiger partial charge in [-0.2, -0.15) is 0 Å². The summed E-state index contributed by atoms with van der Waals surface area (Å²) >= 11 is 0. The summed E-state index contributed by atoms with van der Waals surface area (Å²) < 4.78 is 0. The molecule has 1 atom stereocenters. The van der Waals surface area contributed by atoms with Gasteiger partial charge in [0.1, 0.15) is 6.04 Å². The van der Waals surface area contributed by atoms with Gasteiger partial charge in [0.05, 0.1) is 0 Å². The molecular formula is C15H27N3O6. The van der Waals surface area contributed by atoms with E-state index in [0.29, 0.717) is 19.3 Å². The van der Waals surface area contributed by atoms with Gasteiger partial charge < -0.3 is 26.6 Å². The van der Waals surface area contributed by atoms with E-state index in [0.717, 1.165) is 19.3 Å². The summed E-state index contributed by atoms with van der Waals surface area (Å²) in [6.07, 6.45) is 4.71. The molecule has 138 valence electrons. The molecule has 0 aliphatic carbocycles. The Kier molecular flexibility index (Phi) is 11.9. The number of unbranched alkanes of at least 4 members (excludes halogenated alkanes) is 4. The van der Waals surface area contributed by atoms with Crippen LogP contribution in [-0.2, 0) is 14.4 Å². The smallest absolute Gasteiger partial charge is 0.326 e. The number of carbonyl (C=O) groups excluding carboxylic acids is 2. The third-order valence-electron chi connectivity index (χ3n) is 3.40. The molecule has 0 aromatic heterocycles. The van der Waals surface area contributed by atoms with E-state index in [1.807, 2.05) is 0 Å². The first-order valence-corrected chi connectivity index (χ1v) is 8.10. The van der Waals surface area contributed by atoms with Crippen LogP contribution in [0.2, 0.25) is 0 Å². The number of nitrogens with two attached hydrogens (primary N) is 1. The number of carboxylic acid groups (broad SMARTS) is 2. The molecule has 0 heterocycles. The zero-order valence-electron chi connectivity index (χ0n) is 13.8. The molecule has 0 aliphatic rings. The fourth-order valence-corrected chi connectivity index (χ4v) is 2.13. The molecule has 0 unspecified atom stereocenters. The van der Waals surface area contributed by atoms with Gasteiger partial charge in [0, 0.05) is 19.4 Å². The van der Waals surface area contributed by atoms with Gasteiger partial charge in [0.2, 0.25) is 5.91 Å². The van der Waals surface area contributed by atoms with Crippen LogP contribution in [0, 0.1) is 0 Å². The van der Waals surface area contributed by atoms with E-state index in [1.165, 1.54) is 0 Å². The topological polar surface area (TPSA) is 159 Å². The molecule has 0 rings (SSSR count). The Hall–Kier alpha value is -2.32. The van der Waals surface area contributed by atoms with E-state index in [2.05, 4.69) is 10.6 Å². The predicted molar refractivity (Wildman–Crippen MR) is 86.3 cm³/mol. The van der Waals surface area contributed by atoms with Crippen molar-refractivity contribution >= 4 is 23.9 Å². The van der Waals surface area contributed by atoms with Gasteiger partial charge in [-0.25, -0.2) is 9.59 Å². The van der Waals surface area contributed by atoms with Crippen molar-refractivity contribution in [2.45, 2.75) is 63.8 Å². The van der Waals surface area contributed by atoms with E-state index in [9.17, 15) is 19.2 Å². The third-order valence-corrected chi connectivity index (χ3v) is 3.40. The molecule has 0 bridgehead atoms. The molecule has 9 nitrogen and oxygen atoms in total. The van der Waals surface area contributed by atoms with Gasteiger partial charge >= 0.3 is 18.0 Å². The Morgan fingerprint density at radius 3 is 2.00 bits per heavy atom. The van der Waals surface area contributed by atoms with Crippen LogP contribution < -0.4 is 16.4 Å². The monoisotopic (exact) mass is 345 g/mol. The quantitative estimate of drug-likeness (QED) is 0.293. The molecule has 0 radical (unpaired) electrons. The molecule has 0 saturated carbocycles. The molecule has 0 aromatic rings. The number of carboxylic acids is 2. The minimum atomic E-state index is -1.11. The van der Waals surface area contributed by atoms with Crippen molar-refractivity contribution in [3.8, 4) is 0 Å². The van der Waals surface area contributed by atoms with Gasteiger partial charge in [-0.3, -0.25) is 9.59 Å². The minimum Gasteiger partial charge on any atom is -0.481 e. The van der Waals surface area contributed by atoms with Crippen molar-refractivity contribution in [3.63, 3.8) is 0 Å². The molecule has 0 aromatic carbocycles. The summed E-state index contributed by atoms with van der Waals surface area (Å²) in [7, 11) is 0. The van der Waals surface area contributed by atoms with Gasteiger partial charge in [-0.05, 0) is 25.7 Å². The van der Waals surface area contributed by atoms with E-state index < -0.39 is 24.0 Å². The van der Waals surface area contributed by atoms with E-state index in [-0.39, 0.29) is 31.7 Å². The largest absolute Gasteiger partial charge is 0.481 e. The summed E-state index contributed by atoms with van der Waals surface area (Å²) in [6, 6.07) is -1.66. The third kappa shape index (κ3) is 13.4. The number of carbonyl (C=O) groups is 4. The highest BCUT2D eigenvalue weighted by atomic mass is 16.4. The maximum absolute atomic E-state index is 11.7. The average Bonchev–Trinajstić information content (AvgIpc) is 2.48. The lowest BCUT2D eigenvalue weighted by atomic mass is 10.1. The highest BCUT2D eigenvalue weighted by Gasteiger charge is 2.19. The highest BCUT2D eigenvalue weighted by molar-refractivity contribution is 5.83. The van der Waals surface area contributed by atoms with Crippen molar-refractivity contribution in [1.29, 1.82) is 0 Å². The van der Waals surface area contributed by atoms with E-state index in [1.54, 1.807) is 0 Å². The van der Waals surface area contributed by atoms with Crippen LogP contribution in [-0.4, -0.2) is 46.7 Å². The number of aliphatic carboxylic acids is 2. The van der Waals surface area contributed by atoms with E-state index in [4.69, 9.17) is 15.9 Å². The Morgan fingerprint density at radius 2 is 1.46 bits per heavy atom. The molecule has 3 amide bonds. The minimum absolute atomic E-state index is 0.158. The molecule has 0 saturated heterocycles. The summed E-state index contributed by atoms with van der Waals surface area (Å²) in [4.78, 5) is 43.7. The van der Waals surface area contributed by atoms with Crippen LogP contribution in [0.1, 0.15) is 57.8 Å². The van der Waals surface area contributed by atoms with Gasteiger partial charge in [-0.1, -0.05) is 19.3 Å². The van der Waals surface area contributed by atoms with Crippen molar-refractivity contribution in [2.75, 3.05) is 6.54 Å². The van der Waals surface area contributed by atoms with Gasteiger partial charge in [-0.15, -0.1) is 0 Å². The Morgan fingerprint density at radius 1 is 0.875 bits per heavy atom. The summed E-state index contributed by atoms with van der Waals surface area (Å²) in [6.45, 7) is 0.255. The Balaban J connectivity index is 3.80. The van der Waals surface area contributed by atoms with Crippen LogP contribution in [0.5, 0.6) is 0 Å². The number of nitrogens with one attached hydrogen (secondary N) is 2. The van der Waals surface area contributed by atoms with Crippen LogP contribution >= 0.6 is 0 Å². The lowest BCUT2D eigenvalue weighted by molar-refractivity contribution is -0.142. The first-order chi connectivity index (χ1) is 11.3. The maximum atomic E-state index is 11.7. The lowest BCUT2D eigenvalue weighted by Crippen LogP contribution is -2.41. The highest BCUT2D eigenvalue weighted by Crippen LogP contribution is 2.07. The summed E-state index contributed by atoms with van der Waals surface area (Å²) in [5.74, 6) is -2.24. The molecule has 9 heteroatoms. The summed E-state index contributed by atoms with van der Waals surface area (Å²) in [5.41, 5.74) is 4.90. The number of urea groups is 1. The first kappa shape index (κ1) is 21.7. The Bertz CT molecular complexity index is 427. The van der Waals surface area contributed by atoms with Crippen molar-refractivity contribution in [2.24, 2.45) is 5.73 Å². The fraction of sp³-hybridized carbons (Fsp3) is 0.733. The average molecular weight is 345 g/mol. The second-order valence-electron chi connectivity index (χ2n) is 5.55. The lowest BCUT2D eigenvalue weighted by Gasteiger charge is -2.14.